The Hall–Kier alpha value is -1.03. The molecule has 3 nitrogen and oxygen atoms in total. The molecule has 3 N–H and O–H groups in total. The Labute approximate surface area is 116 Å². The van der Waals surface area contributed by atoms with E-state index in [1.807, 2.05) is 12.1 Å². The predicted molar refractivity (Wildman–Crippen MR) is 75.6 cm³/mol. The zero-order valence-corrected chi connectivity index (χ0v) is 11.9. The molecule has 0 heterocycles. The smallest absolute Gasteiger partial charge is 0.314 e. The lowest BCUT2D eigenvalue weighted by atomic mass is 9.73. The predicted octanol–water partition coefficient (Wildman–Crippen LogP) is 3.71. The number of carboxylic acids is 1. The van der Waals surface area contributed by atoms with Crippen molar-refractivity contribution >= 4 is 27.6 Å². The van der Waals surface area contributed by atoms with Gasteiger partial charge in [0.15, 0.2) is 0 Å². The summed E-state index contributed by atoms with van der Waals surface area (Å²) >= 11 is 3.41. The topological polar surface area (TPSA) is 63.3 Å². The summed E-state index contributed by atoms with van der Waals surface area (Å²) < 4.78 is 0.886. The normalized spacial score (nSPS) is 19.2. The number of benzene rings is 1. The molecule has 0 aliphatic heterocycles. The average molecular weight is 312 g/mol. The fourth-order valence-corrected chi connectivity index (χ4v) is 3.23. The Bertz CT molecular complexity index is 451. The highest BCUT2D eigenvalue weighted by atomic mass is 79.9. The van der Waals surface area contributed by atoms with E-state index < -0.39 is 11.4 Å². The second-order valence-corrected chi connectivity index (χ2v) is 5.95. The van der Waals surface area contributed by atoms with Crippen molar-refractivity contribution in [3.8, 4) is 0 Å². The van der Waals surface area contributed by atoms with Gasteiger partial charge in [-0.3, -0.25) is 4.79 Å². The van der Waals surface area contributed by atoms with Crippen LogP contribution in [0.25, 0.3) is 0 Å². The molecule has 2 rings (SSSR count). The van der Waals surface area contributed by atoms with Crippen LogP contribution in [0.4, 0.5) is 5.69 Å². The van der Waals surface area contributed by atoms with Crippen molar-refractivity contribution in [1.82, 2.24) is 0 Å². The molecule has 0 unspecified atom stereocenters. The van der Waals surface area contributed by atoms with Crippen molar-refractivity contribution in [1.29, 1.82) is 0 Å². The van der Waals surface area contributed by atoms with E-state index in [0.717, 1.165) is 35.7 Å². The highest BCUT2D eigenvalue weighted by Gasteiger charge is 2.41. The van der Waals surface area contributed by atoms with Gasteiger partial charge in [-0.15, -0.1) is 0 Å². The maximum Gasteiger partial charge on any atom is 0.314 e. The SMILES string of the molecule is Nc1ccc(Br)cc1C1(C(=O)O)CCCCCC1. The van der Waals surface area contributed by atoms with Crippen molar-refractivity contribution in [3.05, 3.63) is 28.2 Å². The second-order valence-electron chi connectivity index (χ2n) is 5.03. The Kier molecular flexibility index (Phi) is 3.95. The molecule has 1 aliphatic carbocycles. The number of carboxylic acid groups (broad SMARTS) is 1. The average Bonchev–Trinajstić information content (AvgIpc) is 2.58. The fraction of sp³-hybridized carbons (Fsp3) is 0.500. The first-order chi connectivity index (χ1) is 8.56. The highest BCUT2D eigenvalue weighted by Crippen LogP contribution is 2.42. The lowest BCUT2D eigenvalue weighted by molar-refractivity contribution is -0.144. The Morgan fingerprint density at radius 1 is 1.22 bits per heavy atom. The fourth-order valence-electron chi connectivity index (χ4n) is 2.87. The molecule has 98 valence electrons. The molecule has 1 fully saturated rings. The number of anilines is 1. The minimum absolute atomic E-state index is 0.586. The summed E-state index contributed by atoms with van der Waals surface area (Å²) in [5, 5.41) is 9.71. The summed E-state index contributed by atoms with van der Waals surface area (Å²) in [6.45, 7) is 0. The van der Waals surface area contributed by atoms with E-state index in [1.165, 1.54) is 0 Å². The molecule has 18 heavy (non-hydrogen) atoms. The second kappa shape index (κ2) is 5.31. The molecule has 1 aliphatic rings. The Morgan fingerprint density at radius 3 is 2.39 bits per heavy atom. The third kappa shape index (κ3) is 2.39. The van der Waals surface area contributed by atoms with Crippen molar-refractivity contribution in [3.63, 3.8) is 0 Å². The number of hydrogen-bond donors (Lipinski definition) is 2. The number of aliphatic carboxylic acids is 1. The largest absolute Gasteiger partial charge is 0.481 e. The van der Waals surface area contributed by atoms with Gasteiger partial charge in [-0.1, -0.05) is 41.6 Å². The Morgan fingerprint density at radius 2 is 1.83 bits per heavy atom. The zero-order chi connectivity index (χ0) is 13.2. The minimum atomic E-state index is -0.801. The molecule has 0 saturated heterocycles. The summed E-state index contributed by atoms with van der Waals surface area (Å²) in [6, 6.07) is 5.51. The van der Waals surface area contributed by atoms with Gasteiger partial charge in [0.25, 0.3) is 0 Å². The maximum absolute atomic E-state index is 11.8. The van der Waals surface area contributed by atoms with Gasteiger partial charge in [-0.05, 0) is 36.6 Å². The molecule has 0 bridgehead atoms. The van der Waals surface area contributed by atoms with Crippen molar-refractivity contribution in [2.75, 3.05) is 5.73 Å². The molecule has 0 aromatic heterocycles. The van der Waals surface area contributed by atoms with Crippen LogP contribution in [0.3, 0.4) is 0 Å². The van der Waals surface area contributed by atoms with E-state index in [2.05, 4.69) is 15.9 Å². The Balaban J connectivity index is 2.52. The van der Waals surface area contributed by atoms with E-state index >= 15 is 0 Å². The third-order valence-corrected chi connectivity index (χ3v) is 4.39. The van der Waals surface area contributed by atoms with Crippen LogP contribution in [0.5, 0.6) is 0 Å². The minimum Gasteiger partial charge on any atom is -0.481 e. The van der Waals surface area contributed by atoms with Gasteiger partial charge in [-0.2, -0.15) is 0 Å². The van der Waals surface area contributed by atoms with Crippen molar-refractivity contribution in [2.24, 2.45) is 0 Å². The molecule has 4 heteroatoms. The van der Waals surface area contributed by atoms with E-state index in [-0.39, 0.29) is 0 Å². The molecule has 0 radical (unpaired) electrons. The van der Waals surface area contributed by atoms with Gasteiger partial charge in [0.05, 0.1) is 5.41 Å². The number of nitrogens with two attached hydrogens (primary N) is 1. The lowest BCUT2D eigenvalue weighted by Gasteiger charge is -2.30. The van der Waals surface area contributed by atoms with Gasteiger partial charge in [0, 0.05) is 10.2 Å². The first-order valence-corrected chi connectivity index (χ1v) is 7.14. The molecular formula is C14H18BrNO2. The first kappa shape index (κ1) is 13.4. The number of hydrogen-bond acceptors (Lipinski definition) is 2. The molecular weight excluding hydrogens is 294 g/mol. The summed E-state index contributed by atoms with van der Waals surface area (Å²) in [6.07, 6.45) is 5.51. The van der Waals surface area contributed by atoms with Crippen molar-refractivity contribution in [2.45, 2.75) is 43.9 Å². The van der Waals surface area contributed by atoms with Crippen LogP contribution in [-0.4, -0.2) is 11.1 Å². The number of nitrogen functional groups attached to an aromatic ring is 1. The van der Waals surface area contributed by atoms with Gasteiger partial charge < -0.3 is 10.8 Å². The summed E-state index contributed by atoms with van der Waals surface area (Å²) in [7, 11) is 0. The number of rotatable bonds is 2. The molecule has 0 amide bonds. The number of carbonyl (C=O) groups is 1. The molecule has 1 saturated carbocycles. The van der Waals surface area contributed by atoms with E-state index in [0.29, 0.717) is 18.5 Å². The third-order valence-electron chi connectivity index (χ3n) is 3.90. The number of halogens is 1. The summed E-state index contributed by atoms with van der Waals surface area (Å²) in [5.41, 5.74) is 6.56. The monoisotopic (exact) mass is 311 g/mol. The van der Waals surface area contributed by atoms with Crippen LogP contribution < -0.4 is 5.73 Å². The maximum atomic E-state index is 11.8. The van der Waals surface area contributed by atoms with Crippen LogP contribution >= 0.6 is 15.9 Å². The van der Waals surface area contributed by atoms with Crippen LogP contribution in [0, 0.1) is 0 Å². The molecule has 0 spiro atoms. The quantitative estimate of drug-likeness (QED) is 0.646. The van der Waals surface area contributed by atoms with Crippen LogP contribution in [0.2, 0.25) is 0 Å². The van der Waals surface area contributed by atoms with Crippen LogP contribution in [-0.2, 0) is 10.2 Å². The standard InChI is InChI=1S/C14H18BrNO2/c15-10-5-6-12(16)11(9-10)14(13(17)18)7-3-1-2-4-8-14/h5-6,9H,1-4,7-8,16H2,(H,17,18). The van der Waals surface area contributed by atoms with Gasteiger partial charge in [0.1, 0.15) is 0 Å². The summed E-state index contributed by atoms with van der Waals surface area (Å²) in [4.78, 5) is 11.8. The van der Waals surface area contributed by atoms with Gasteiger partial charge in [-0.25, -0.2) is 0 Å². The van der Waals surface area contributed by atoms with E-state index in [4.69, 9.17) is 5.73 Å². The van der Waals surface area contributed by atoms with Gasteiger partial charge >= 0.3 is 5.97 Å². The molecule has 1 aromatic carbocycles. The lowest BCUT2D eigenvalue weighted by Crippen LogP contribution is -2.36. The first-order valence-electron chi connectivity index (χ1n) is 6.35. The molecule has 0 atom stereocenters. The van der Waals surface area contributed by atoms with Gasteiger partial charge in [0.2, 0.25) is 0 Å². The zero-order valence-electron chi connectivity index (χ0n) is 10.3. The van der Waals surface area contributed by atoms with Crippen LogP contribution in [0.15, 0.2) is 22.7 Å². The van der Waals surface area contributed by atoms with Crippen LogP contribution in [0.1, 0.15) is 44.1 Å². The molecule has 1 aromatic rings. The van der Waals surface area contributed by atoms with E-state index in [9.17, 15) is 9.90 Å². The highest BCUT2D eigenvalue weighted by molar-refractivity contribution is 9.10. The van der Waals surface area contributed by atoms with Crippen molar-refractivity contribution < 1.29 is 9.90 Å². The van der Waals surface area contributed by atoms with E-state index in [1.54, 1.807) is 6.07 Å². The summed E-state index contributed by atoms with van der Waals surface area (Å²) in [5.74, 6) is -0.741.